The van der Waals surface area contributed by atoms with Crippen LogP contribution in [0.2, 0.25) is 0 Å². The first-order valence-electron chi connectivity index (χ1n) is 6.01. The molecule has 1 atom stereocenters. The third-order valence-electron chi connectivity index (χ3n) is 2.80. The van der Waals surface area contributed by atoms with Crippen LogP contribution in [-0.2, 0) is 4.74 Å². The van der Waals surface area contributed by atoms with Gasteiger partial charge >= 0.3 is 0 Å². The lowest BCUT2D eigenvalue weighted by Gasteiger charge is -2.20. The van der Waals surface area contributed by atoms with E-state index in [-0.39, 0.29) is 6.04 Å². The molecule has 0 aromatic carbocycles. The van der Waals surface area contributed by atoms with Crippen LogP contribution < -0.4 is 5.32 Å². The molecule has 1 rings (SSSR count). The second-order valence-corrected chi connectivity index (χ2v) is 4.13. The van der Waals surface area contributed by atoms with E-state index in [1.54, 1.807) is 7.11 Å². The summed E-state index contributed by atoms with van der Waals surface area (Å²) in [6, 6.07) is 0.806. The first-order valence-corrected chi connectivity index (χ1v) is 6.01. The molecule has 0 radical (unpaired) electrons. The molecule has 4 nitrogen and oxygen atoms in total. The highest BCUT2D eigenvalue weighted by molar-refractivity contribution is 5.28. The number of imidazole rings is 1. The second kappa shape index (κ2) is 6.53. The van der Waals surface area contributed by atoms with Crippen molar-refractivity contribution in [2.75, 3.05) is 19.0 Å². The van der Waals surface area contributed by atoms with Gasteiger partial charge < -0.3 is 14.6 Å². The first kappa shape index (κ1) is 13.0. The topological polar surface area (TPSA) is 39.1 Å². The zero-order chi connectivity index (χ0) is 12.0. The van der Waals surface area contributed by atoms with Crippen LogP contribution in [0, 0.1) is 0 Å². The van der Waals surface area contributed by atoms with Gasteiger partial charge in [-0.25, -0.2) is 4.98 Å². The maximum Gasteiger partial charge on any atom is 0.203 e. The van der Waals surface area contributed by atoms with Crippen molar-refractivity contribution in [3.05, 3.63) is 12.4 Å². The van der Waals surface area contributed by atoms with E-state index in [1.807, 2.05) is 12.4 Å². The Balaban J connectivity index is 2.69. The van der Waals surface area contributed by atoms with E-state index >= 15 is 0 Å². The number of nitrogens with zero attached hydrogens (tertiary/aromatic N) is 2. The largest absolute Gasteiger partial charge is 0.383 e. The van der Waals surface area contributed by atoms with Gasteiger partial charge in [-0.05, 0) is 19.8 Å². The second-order valence-electron chi connectivity index (χ2n) is 4.13. The summed E-state index contributed by atoms with van der Waals surface area (Å²) in [6.07, 6.45) is 6.14. The van der Waals surface area contributed by atoms with Gasteiger partial charge in [0.1, 0.15) is 0 Å². The fraction of sp³-hybridized carbons (Fsp3) is 0.750. The molecule has 4 heteroatoms. The van der Waals surface area contributed by atoms with Crippen LogP contribution in [0.1, 0.15) is 39.7 Å². The molecular formula is C12H23N3O. The molecule has 0 fully saturated rings. The molecule has 0 aliphatic carbocycles. The molecule has 1 N–H and O–H groups in total. The normalized spacial score (nSPS) is 13.1. The third-order valence-corrected chi connectivity index (χ3v) is 2.80. The summed E-state index contributed by atoms with van der Waals surface area (Å²) < 4.78 is 7.32. The van der Waals surface area contributed by atoms with Crippen molar-refractivity contribution in [3.8, 4) is 0 Å². The molecule has 0 aliphatic heterocycles. The lowest BCUT2D eigenvalue weighted by atomic mass is 10.2. The molecule has 92 valence electrons. The number of ether oxygens (including phenoxy) is 1. The molecule has 0 aliphatic rings. The summed E-state index contributed by atoms with van der Waals surface area (Å²) >= 11 is 0. The van der Waals surface area contributed by atoms with Gasteiger partial charge in [-0.2, -0.15) is 0 Å². The van der Waals surface area contributed by atoms with E-state index in [2.05, 4.69) is 35.6 Å². The number of nitrogens with one attached hydrogen (secondary N) is 1. The van der Waals surface area contributed by atoms with E-state index in [0.717, 1.165) is 18.8 Å². The van der Waals surface area contributed by atoms with Crippen molar-refractivity contribution in [1.82, 2.24) is 9.55 Å². The van der Waals surface area contributed by atoms with Gasteiger partial charge in [-0.1, -0.05) is 13.8 Å². The van der Waals surface area contributed by atoms with E-state index in [0.29, 0.717) is 12.6 Å². The summed E-state index contributed by atoms with van der Waals surface area (Å²) in [4.78, 5) is 4.35. The predicted octanol–water partition coefficient (Wildman–Crippen LogP) is 2.69. The first-order chi connectivity index (χ1) is 7.72. The van der Waals surface area contributed by atoms with E-state index < -0.39 is 0 Å². The van der Waals surface area contributed by atoms with E-state index in [4.69, 9.17) is 4.74 Å². The molecule has 1 aromatic rings. The van der Waals surface area contributed by atoms with E-state index in [9.17, 15) is 0 Å². The van der Waals surface area contributed by atoms with E-state index in [1.165, 1.54) is 0 Å². The highest BCUT2D eigenvalue weighted by Gasteiger charge is 2.12. The Labute approximate surface area is 98.0 Å². The summed E-state index contributed by atoms with van der Waals surface area (Å²) in [5.74, 6) is 0.943. The van der Waals surface area contributed by atoms with Gasteiger partial charge in [0.2, 0.25) is 5.95 Å². The molecule has 0 amide bonds. The molecular weight excluding hydrogens is 202 g/mol. The molecule has 0 saturated carbocycles. The quantitative estimate of drug-likeness (QED) is 0.775. The number of hydrogen-bond donors (Lipinski definition) is 1. The molecule has 0 saturated heterocycles. The average molecular weight is 225 g/mol. The van der Waals surface area contributed by atoms with Crippen LogP contribution in [0.5, 0.6) is 0 Å². The molecule has 1 heterocycles. The minimum absolute atomic E-state index is 0.278. The number of rotatable bonds is 7. The Morgan fingerprint density at radius 3 is 2.69 bits per heavy atom. The van der Waals surface area contributed by atoms with Crippen molar-refractivity contribution in [2.24, 2.45) is 0 Å². The van der Waals surface area contributed by atoms with Crippen LogP contribution in [0.3, 0.4) is 0 Å². The summed E-state index contributed by atoms with van der Waals surface area (Å²) in [6.45, 7) is 7.19. The molecule has 0 bridgehead atoms. The number of hydrogen-bond acceptors (Lipinski definition) is 3. The summed E-state index contributed by atoms with van der Waals surface area (Å²) in [7, 11) is 1.71. The van der Waals surface area contributed by atoms with Crippen LogP contribution in [-0.4, -0.2) is 29.3 Å². The summed E-state index contributed by atoms with van der Waals surface area (Å²) in [5, 5.41) is 3.37. The van der Waals surface area contributed by atoms with Gasteiger partial charge in [0.15, 0.2) is 0 Å². The Morgan fingerprint density at radius 1 is 1.44 bits per heavy atom. The number of methoxy groups -OCH3 is 1. The van der Waals surface area contributed by atoms with Gasteiger partial charge in [0.25, 0.3) is 0 Å². The minimum atomic E-state index is 0.278. The fourth-order valence-electron chi connectivity index (χ4n) is 1.91. The lowest BCUT2D eigenvalue weighted by Crippen LogP contribution is -2.24. The molecule has 16 heavy (non-hydrogen) atoms. The zero-order valence-corrected chi connectivity index (χ0v) is 10.7. The van der Waals surface area contributed by atoms with Crippen molar-refractivity contribution >= 4 is 5.95 Å². The monoisotopic (exact) mass is 225 g/mol. The van der Waals surface area contributed by atoms with Gasteiger partial charge in [0.05, 0.1) is 6.61 Å². The van der Waals surface area contributed by atoms with Crippen molar-refractivity contribution in [1.29, 1.82) is 0 Å². The van der Waals surface area contributed by atoms with Crippen LogP contribution in [0.15, 0.2) is 12.4 Å². The Morgan fingerprint density at radius 2 is 2.12 bits per heavy atom. The highest BCUT2D eigenvalue weighted by atomic mass is 16.5. The molecule has 0 spiro atoms. The fourth-order valence-corrected chi connectivity index (χ4v) is 1.91. The van der Waals surface area contributed by atoms with Crippen molar-refractivity contribution < 1.29 is 4.74 Å². The SMILES string of the molecule is CCC(CC)n1ccnc1NC(C)COC. The third kappa shape index (κ3) is 3.23. The lowest BCUT2D eigenvalue weighted by molar-refractivity contribution is 0.190. The Hall–Kier alpha value is -1.03. The minimum Gasteiger partial charge on any atom is -0.383 e. The highest BCUT2D eigenvalue weighted by Crippen LogP contribution is 2.20. The van der Waals surface area contributed by atoms with Crippen molar-refractivity contribution in [2.45, 2.75) is 45.7 Å². The zero-order valence-electron chi connectivity index (χ0n) is 10.7. The Bertz CT molecular complexity index is 294. The number of anilines is 1. The van der Waals surface area contributed by atoms with Gasteiger partial charge in [-0.15, -0.1) is 0 Å². The standard InChI is InChI=1S/C12H23N3O/c1-5-11(6-2)15-8-7-13-12(15)14-10(3)9-16-4/h7-8,10-11H,5-6,9H2,1-4H3,(H,13,14). The maximum absolute atomic E-state index is 5.11. The maximum atomic E-state index is 5.11. The van der Waals surface area contributed by atoms with Crippen LogP contribution in [0.4, 0.5) is 5.95 Å². The predicted molar refractivity (Wildman–Crippen MR) is 66.8 cm³/mol. The smallest absolute Gasteiger partial charge is 0.203 e. The van der Waals surface area contributed by atoms with Crippen LogP contribution >= 0.6 is 0 Å². The number of aromatic nitrogens is 2. The van der Waals surface area contributed by atoms with Crippen molar-refractivity contribution in [3.63, 3.8) is 0 Å². The summed E-state index contributed by atoms with van der Waals surface area (Å²) in [5.41, 5.74) is 0. The van der Waals surface area contributed by atoms with Gasteiger partial charge in [-0.3, -0.25) is 0 Å². The Kier molecular flexibility index (Phi) is 5.32. The molecule has 1 unspecified atom stereocenters. The average Bonchev–Trinajstić information content (AvgIpc) is 2.69. The van der Waals surface area contributed by atoms with Gasteiger partial charge in [0, 0.05) is 31.6 Å². The van der Waals surface area contributed by atoms with Crippen LogP contribution in [0.25, 0.3) is 0 Å². The molecule has 1 aromatic heterocycles.